The molecular weight excluding hydrogens is 308 g/mol. The number of benzene rings is 2. The van der Waals surface area contributed by atoms with Crippen molar-refractivity contribution in [3.8, 4) is 27.3 Å². The summed E-state index contributed by atoms with van der Waals surface area (Å²) in [4.78, 5) is 13.5. The molecule has 0 saturated carbocycles. The molecule has 0 radical (unpaired) electrons. The molecule has 0 spiro atoms. The van der Waals surface area contributed by atoms with Crippen LogP contribution in [0.5, 0.6) is 5.75 Å². The van der Waals surface area contributed by atoms with Gasteiger partial charge in [-0.3, -0.25) is 0 Å². The molecule has 0 bridgehead atoms. The topological polar surface area (TPSA) is 50.4 Å². The first-order valence-electron chi connectivity index (χ1n) is 7.13. The van der Waals surface area contributed by atoms with Crippen LogP contribution in [-0.2, 0) is 0 Å². The van der Waals surface area contributed by atoms with Gasteiger partial charge in [0.05, 0.1) is 5.56 Å². The average Bonchev–Trinajstić information content (AvgIpc) is 3.08. The smallest absolute Gasteiger partial charge is 0.345 e. The molecule has 4 rings (SSSR count). The van der Waals surface area contributed by atoms with Gasteiger partial charge in [-0.05, 0) is 29.1 Å². The second-order valence-electron chi connectivity index (χ2n) is 5.16. The summed E-state index contributed by atoms with van der Waals surface area (Å²) >= 11 is 1.50. The third-order valence-corrected chi connectivity index (χ3v) is 4.61. The van der Waals surface area contributed by atoms with Crippen molar-refractivity contribution in [2.45, 2.75) is 0 Å². The molecule has 0 fully saturated rings. The molecule has 2 aromatic heterocycles. The van der Waals surface area contributed by atoms with Crippen LogP contribution in [0.4, 0.5) is 0 Å². The minimum atomic E-state index is -0.399. The van der Waals surface area contributed by atoms with Crippen molar-refractivity contribution in [2.75, 3.05) is 0 Å². The van der Waals surface area contributed by atoms with E-state index in [0.29, 0.717) is 11.1 Å². The third-order valence-electron chi connectivity index (χ3n) is 3.72. The zero-order chi connectivity index (χ0) is 15.8. The summed E-state index contributed by atoms with van der Waals surface area (Å²) in [5.74, 6) is 0.0727. The molecule has 4 aromatic rings. The van der Waals surface area contributed by atoms with Crippen LogP contribution in [0.2, 0.25) is 0 Å². The van der Waals surface area contributed by atoms with Crippen molar-refractivity contribution in [1.29, 1.82) is 0 Å². The fourth-order valence-corrected chi connectivity index (χ4v) is 3.50. The van der Waals surface area contributed by atoms with Crippen LogP contribution in [0.3, 0.4) is 0 Å². The van der Waals surface area contributed by atoms with E-state index in [0.717, 1.165) is 21.4 Å². The molecule has 2 aromatic carbocycles. The Morgan fingerprint density at radius 2 is 1.74 bits per heavy atom. The predicted molar refractivity (Wildman–Crippen MR) is 92.9 cm³/mol. The maximum absolute atomic E-state index is 12.6. The van der Waals surface area contributed by atoms with E-state index in [-0.39, 0.29) is 5.75 Å². The van der Waals surface area contributed by atoms with Crippen LogP contribution in [0.1, 0.15) is 0 Å². The van der Waals surface area contributed by atoms with E-state index in [1.165, 1.54) is 17.4 Å². The zero-order valence-electron chi connectivity index (χ0n) is 12.0. The van der Waals surface area contributed by atoms with Gasteiger partial charge in [0.15, 0.2) is 0 Å². The predicted octanol–water partition coefficient (Wildman–Crippen LogP) is 4.89. The fraction of sp³-hybridized carbons (Fsp3) is 0. The zero-order valence-corrected chi connectivity index (χ0v) is 12.8. The lowest BCUT2D eigenvalue weighted by Crippen LogP contribution is -2.05. The summed E-state index contributed by atoms with van der Waals surface area (Å²) in [6.07, 6.45) is 0. The number of fused-ring (bicyclic) bond motifs is 1. The number of hydrogen-bond donors (Lipinski definition) is 1. The Bertz CT molecular complexity index is 1030. The molecule has 23 heavy (non-hydrogen) atoms. The van der Waals surface area contributed by atoms with E-state index < -0.39 is 5.63 Å². The first-order chi connectivity index (χ1) is 11.2. The van der Waals surface area contributed by atoms with E-state index in [2.05, 4.69) is 0 Å². The van der Waals surface area contributed by atoms with E-state index in [1.54, 1.807) is 12.1 Å². The highest BCUT2D eigenvalue weighted by Crippen LogP contribution is 2.38. The summed E-state index contributed by atoms with van der Waals surface area (Å²) < 4.78 is 5.45. The Morgan fingerprint density at radius 1 is 0.913 bits per heavy atom. The van der Waals surface area contributed by atoms with Crippen LogP contribution in [0.15, 0.2) is 75.3 Å². The molecule has 0 saturated heterocycles. The lowest BCUT2D eigenvalue weighted by Gasteiger charge is -2.11. The van der Waals surface area contributed by atoms with Gasteiger partial charge in [-0.1, -0.05) is 36.4 Å². The minimum Gasteiger partial charge on any atom is -0.508 e. The monoisotopic (exact) mass is 320 g/mol. The van der Waals surface area contributed by atoms with Gasteiger partial charge in [0.2, 0.25) is 0 Å². The average molecular weight is 320 g/mol. The SMILES string of the molecule is O=c1oc2cc(O)ccc2c(-c2ccccc2)c1-c1cccs1. The highest BCUT2D eigenvalue weighted by Gasteiger charge is 2.18. The van der Waals surface area contributed by atoms with Gasteiger partial charge in [0, 0.05) is 21.9 Å². The Balaban J connectivity index is 2.18. The number of thiophene rings is 1. The van der Waals surface area contributed by atoms with Crippen LogP contribution in [0.25, 0.3) is 32.5 Å². The Hall–Kier alpha value is -2.85. The van der Waals surface area contributed by atoms with Crippen LogP contribution < -0.4 is 5.63 Å². The summed E-state index contributed by atoms with van der Waals surface area (Å²) in [5, 5.41) is 12.4. The minimum absolute atomic E-state index is 0.0727. The van der Waals surface area contributed by atoms with Crippen molar-refractivity contribution in [3.63, 3.8) is 0 Å². The quantitative estimate of drug-likeness (QED) is 0.535. The van der Waals surface area contributed by atoms with E-state index in [9.17, 15) is 9.90 Å². The molecule has 0 amide bonds. The van der Waals surface area contributed by atoms with Crippen LogP contribution in [-0.4, -0.2) is 5.11 Å². The number of rotatable bonds is 2. The molecule has 0 aliphatic carbocycles. The number of phenolic OH excluding ortho intramolecular Hbond substituents is 1. The second-order valence-corrected chi connectivity index (χ2v) is 6.11. The molecule has 0 aliphatic heterocycles. The molecule has 3 nitrogen and oxygen atoms in total. The van der Waals surface area contributed by atoms with Gasteiger partial charge in [0.25, 0.3) is 0 Å². The van der Waals surface area contributed by atoms with E-state index in [4.69, 9.17) is 4.42 Å². The number of aromatic hydroxyl groups is 1. The number of hydrogen-bond acceptors (Lipinski definition) is 4. The molecule has 0 atom stereocenters. The summed E-state index contributed by atoms with van der Waals surface area (Å²) in [6, 6.07) is 18.4. The largest absolute Gasteiger partial charge is 0.508 e. The highest BCUT2D eigenvalue weighted by molar-refractivity contribution is 7.13. The Labute approximate surface area is 136 Å². The number of phenols is 1. The molecular formula is C19H12O3S. The van der Waals surface area contributed by atoms with Gasteiger partial charge >= 0.3 is 5.63 Å². The van der Waals surface area contributed by atoms with Gasteiger partial charge in [-0.25, -0.2) is 4.79 Å². The van der Waals surface area contributed by atoms with Gasteiger partial charge in [-0.2, -0.15) is 0 Å². The lowest BCUT2D eigenvalue weighted by atomic mass is 9.96. The molecule has 0 aliphatic rings. The maximum atomic E-state index is 12.6. The summed E-state index contributed by atoms with van der Waals surface area (Å²) in [7, 11) is 0. The van der Waals surface area contributed by atoms with Crippen LogP contribution >= 0.6 is 11.3 Å². The van der Waals surface area contributed by atoms with Crippen LogP contribution in [0, 0.1) is 0 Å². The van der Waals surface area contributed by atoms with Gasteiger partial charge < -0.3 is 9.52 Å². The second kappa shape index (κ2) is 5.41. The fourth-order valence-electron chi connectivity index (χ4n) is 2.74. The third kappa shape index (κ3) is 2.33. The van der Waals surface area contributed by atoms with Gasteiger partial charge in [0.1, 0.15) is 11.3 Å². The first kappa shape index (κ1) is 13.8. The highest BCUT2D eigenvalue weighted by atomic mass is 32.1. The van der Waals surface area contributed by atoms with E-state index in [1.807, 2.05) is 47.8 Å². The standard InChI is InChI=1S/C19H12O3S/c20-13-8-9-14-15(11-13)22-19(21)18(16-7-4-10-23-16)17(14)12-5-2-1-3-6-12/h1-11,20H. The van der Waals surface area contributed by atoms with Crippen molar-refractivity contribution >= 4 is 22.3 Å². The van der Waals surface area contributed by atoms with Crippen molar-refractivity contribution in [3.05, 3.63) is 76.5 Å². The van der Waals surface area contributed by atoms with E-state index >= 15 is 0 Å². The van der Waals surface area contributed by atoms with Crippen molar-refractivity contribution in [1.82, 2.24) is 0 Å². The molecule has 0 unspecified atom stereocenters. The molecule has 1 N–H and O–H groups in total. The molecule has 2 heterocycles. The first-order valence-corrected chi connectivity index (χ1v) is 8.01. The normalized spacial score (nSPS) is 11.0. The van der Waals surface area contributed by atoms with Crippen molar-refractivity contribution < 1.29 is 9.52 Å². The maximum Gasteiger partial charge on any atom is 0.345 e. The van der Waals surface area contributed by atoms with Crippen molar-refractivity contribution in [2.24, 2.45) is 0 Å². The molecule has 4 heteroatoms. The summed E-state index contributed by atoms with van der Waals surface area (Å²) in [5.41, 5.74) is 2.32. The Morgan fingerprint density at radius 3 is 2.48 bits per heavy atom. The Kier molecular flexibility index (Phi) is 3.24. The van der Waals surface area contributed by atoms with Gasteiger partial charge in [-0.15, -0.1) is 11.3 Å². The lowest BCUT2D eigenvalue weighted by molar-refractivity contribution is 0.473. The molecule has 112 valence electrons. The summed E-state index contributed by atoms with van der Waals surface area (Å²) in [6.45, 7) is 0.